The van der Waals surface area contributed by atoms with E-state index in [1.807, 2.05) is 11.6 Å². The smallest absolute Gasteiger partial charge is 0.191 e. The third-order valence-corrected chi connectivity index (χ3v) is 3.97. The zero-order valence-corrected chi connectivity index (χ0v) is 13.3. The number of nitrogens with zero attached hydrogens (tertiary/aromatic N) is 3. The molecule has 0 aliphatic rings. The highest BCUT2D eigenvalue weighted by Crippen LogP contribution is 2.20. The Morgan fingerprint density at radius 2 is 2.00 bits per heavy atom. The van der Waals surface area contributed by atoms with Gasteiger partial charge >= 0.3 is 0 Å². The van der Waals surface area contributed by atoms with Crippen molar-refractivity contribution in [2.24, 2.45) is 7.05 Å². The highest BCUT2D eigenvalue weighted by molar-refractivity contribution is 7.99. The highest BCUT2D eigenvalue weighted by Gasteiger charge is 2.11. The van der Waals surface area contributed by atoms with Crippen LogP contribution in [0.4, 0.5) is 0 Å². The first-order chi connectivity index (χ1) is 10.1. The zero-order valence-electron chi connectivity index (χ0n) is 12.4. The molecule has 6 heteroatoms. The number of hydrogen-bond donors (Lipinski definition) is 0. The number of aldehydes is 1. The van der Waals surface area contributed by atoms with Crippen LogP contribution in [-0.4, -0.2) is 33.4 Å². The lowest BCUT2D eigenvalue weighted by Gasteiger charge is -2.07. The summed E-state index contributed by atoms with van der Waals surface area (Å²) >= 11 is 1.62. The van der Waals surface area contributed by atoms with E-state index in [0.717, 1.165) is 28.8 Å². The van der Waals surface area contributed by atoms with Gasteiger partial charge in [0.05, 0.1) is 6.61 Å². The minimum Gasteiger partial charge on any atom is -0.493 e. The Morgan fingerprint density at radius 3 is 2.57 bits per heavy atom. The Bertz CT molecular complexity index is 593. The van der Waals surface area contributed by atoms with E-state index in [2.05, 4.69) is 24.0 Å². The second kappa shape index (κ2) is 7.26. The zero-order chi connectivity index (χ0) is 15.2. The first-order valence-corrected chi connectivity index (χ1v) is 7.80. The number of carbonyl (C=O) groups is 1. The molecule has 0 N–H and O–H groups in total. The molecule has 2 rings (SSSR count). The molecule has 5 nitrogen and oxygen atoms in total. The van der Waals surface area contributed by atoms with Gasteiger partial charge in [0.2, 0.25) is 0 Å². The lowest BCUT2D eigenvalue weighted by Crippen LogP contribution is -2.03. The van der Waals surface area contributed by atoms with E-state index in [0.29, 0.717) is 18.1 Å². The molecule has 0 saturated carbocycles. The fraction of sp³-hybridized carbons (Fsp3) is 0.400. The van der Waals surface area contributed by atoms with Gasteiger partial charge in [-0.1, -0.05) is 25.6 Å². The molecule has 0 aliphatic heterocycles. The second-order valence-electron chi connectivity index (χ2n) is 4.94. The number of benzene rings is 1. The molecule has 0 radical (unpaired) electrons. The molecule has 0 spiro atoms. The minimum absolute atomic E-state index is 0.365. The van der Waals surface area contributed by atoms with E-state index in [9.17, 15) is 4.79 Å². The largest absolute Gasteiger partial charge is 0.493 e. The molecule has 1 aromatic carbocycles. The topological polar surface area (TPSA) is 57.0 Å². The van der Waals surface area contributed by atoms with Crippen LogP contribution in [-0.2, 0) is 7.05 Å². The van der Waals surface area contributed by atoms with Gasteiger partial charge < -0.3 is 9.30 Å². The second-order valence-corrected chi connectivity index (χ2v) is 6.00. The summed E-state index contributed by atoms with van der Waals surface area (Å²) in [6.45, 7) is 4.78. The van der Waals surface area contributed by atoms with Crippen LogP contribution in [0.2, 0.25) is 0 Å². The van der Waals surface area contributed by atoms with E-state index >= 15 is 0 Å². The number of thioether (sulfide) groups is 1. The minimum atomic E-state index is 0.365. The van der Waals surface area contributed by atoms with Gasteiger partial charge in [0.15, 0.2) is 5.16 Å². The first-order valence-electron chi connectivity index (χ1n) is 6.82. The average Bonchev–Trinajstić information content (AvgIpc) is 2.85. The third kappa shape index (κ3) is 4.07. The summed E-state index contributed by atoms with van der Waals surface area (Å²) in [7, 11) is 1.98. The molecule has 0 bridgehead atoms. The van der Waals surface area contributed by atoms with Gasteiger partial charge in [-0.25, -0.2) is 0 Å². The number of rotatable bonds is 7. The molecule has 0 unspecified atom stereocenters. The van der Waals surface area contributed by atoms with Crippen molar-refractivity contribution in [3.63, 3.8) is 0 Å². The van der Waals surface area contributed by atoms with Gasteiger partial charge in [0.25, 0.3) is 0 Å². The van der Waals surface area contributed by atoms with Crippen LogP contribution in [0.15, 0.2) is 29.4 Å². The van der Waals surface area contributed by atoms with Crippen molar-refractivity contribution in [2.75, 3.05) is 12.4 Å². The van der Waals surface area contributed by atoms with Gasteiger partial charge in [-0.3, -0.25) is 4.79 Å². The van der Waals surface area contributed by atoms with Crippen molar-refractivity contribution in [1.29, 1.82) is 0 Å². The van der Waals surface area contributed by atoms with Crippen LogP contribution in [0, 0.1) is 0 Å². The molecule has 1 aromatic heterocycles. The van der Waals surface area contributed by atoms with Gasteiger partial charge in [-0.2, -0.15) is 0 Å². The van der Waals surface area contributed by atoms with Gasteiger partial charge in [-0.15, -0.1) is 10.2 Å². The van der Waals surface area contributed by atoms with Crippen molar-refractivity contribution in [3.05, 3.63) is 35.7 Å². The van der Waals surface area contributed by atoms with Crippen molar-refractivity contribution in [3.8, 4) is 5.75 Å². The Kier molecular flexibility index (Phi) is 5.38. The molecular weight excluding hydrogens is 286 g/mol. The van der Waals surface area contributed by atoms with Crippen LogP contribution in [0.5, 0.6) is 5.75 Å². The first kappa shape index (κ1) is 15.6. The van der Waals surface area contributed by atoms with Crippen LogP contribution < -0.4 is 4.74 Å². The van der Waals surface area contributed by atoms with E-state index < -0.39 is 0 Å². The summed E-state index contributed by atoms with van der Waals surface area (Å²) in [5, 5.41) is 9.28. The Balaban J connectivity index is 1.80. The summed E-state index contributed by atoms with van der Waals surface area (Å²) < 4.78 is 7.65. The molecule has 0 atom stereocenters. The number of ether oxygens (including phenoxy) is 1. The summed E-state index contributed by atoms with van der Waals surface area (Å²) in [6, 6.07) is 7.08. The third-order valence-electron chi connectivity index (χ3n) is 2.98. The van der Waals surface area contributed by atoms with E-state index in [4.69, 9.17) is 4.74 Å². The maximum atomic E-state index is 10.6. The summed E-state index contributed by atoms with van der Waals surface area (Å²) in [6.07, 6.45) is 0.819. The van der Waals surface area contributed by atoms with Gasteiger partial charge in [0.1, 0.15) is 17.9 Å². The Morgan fingerprint density at radius 1 is 1.29 bits per heavy atom. The van der Waals surface area contributed by atoms with Gasteiger partial charge in [0, 0.05) is 24.3 Å². The van der Waals surface area contributed by atoms with Crippen molar-refractivity contribution in [2.45, 2.75) is 24.9 Å². The summed E-state index contributed by atoms with van der Waals surface area (Å²) in [5.41, 5.74) is 0.650. The van der Waals surface area contributed by atoms with Crippen LogP contribution >= 0.6 is 11.8 Å². The number of hydrogen-bond acceptors (Lipinski definition) is 5. The molecule has 2 aromatic rings. The molecule has 1 heterocycles. The Hall–Kier alpha value is -1.82. The summed E-state index contributed by atoms with van der Waals surface area (Å²) in [4.78, 5) is 10.6. The molecule has 0 aliphatic carbocycles. The highest BCUT2D eigenvalue weighted by atomic mass is 32.2. The maximum Gasteiger partial charge on any atom is 0.191 e. The Labute approximate surface area is 128 Å². The lowest BCUT2D eigenvalue weighted by molar-refractivity contribution is 0.112. The van der Waals surface area contributed by atoms with E-state index in [1.165, 1.54) is 0 Å². The average molecular weight is 305 g/mol. The predicted octanol–water partition coefficient (Wildman–Crippen LogP) is 2.92. The quantitative estimate of drug-likeness (QED) is 0.447. The number of aromatic nitrogens is 3. The number of carbonyl (C=O) groups excluding carboxylic acids is 1. The van der Waals surface area contributed by atoms with E-state index in [-0.39, 0.29) is 0 Å². The van der Waals surface area contributed by atoms with Gasteiger partial charge in [-0.05, 0) is 24.3 Å². The normalized spacial score (nSPS) is 10.9. The summed E-state index contributed by atoms with van der Waals surface area (Å²) in [5.74, 6) is 2.91. The monoisotopic (exact) mass is 305 g/mol. The molecule has 21 heavy (non-hydrogen) atoms. The fourth-order valence-corrected chi connectivity index (χ4v) is 2.62. The molecule has 112 valence electrons. The lowest BCUT2D eigenvalue weighted by atomic mass is 10.2. The SMILES string of the molecule is CC(C)c1nnc(SCCOc2ccc(C=O)cc2)n1C. The van der Waals surface area contributed by atoms with Crippen molar-refractivity contribution in [1.82, 2.24) is 14.8 Å². The van der Waals surface area contributed by atoms with Crippen LogP contribution in [0.1, 0.15) is 35.9 Å². The molecular formula is C15H19N3O2S. The van der Waals surface area contributed by atoms with Crippen molar-refractivity contribution < 1.29 is 9.53 Å². The maximum absolute atomic E-state index is 10.6. The molecule has 0 fully saturated rings. The van der Waals surface area contributed by atoms with E-state index in [1.54, 1.807) is 36.0 Å². The predicted molar refractivity (Wildman–Crippen MR) is 83.1 cm³/mol. The molecule has 0 saturated heterocycles. The van der Waals surface area contributed by atoms with Crippen LogP contribution in [0.3, 0.4) is 0 Å². The van der Waals surface area contributed by atoms with Crippen LogP contribution in [0.25, 0.3) is 0 Å². The standard InChI is InChI=1S/C15H19N3O2S/c1-11(2)14-16-17-15(18(14)3)21-9-8-20-13-6-4-12(10-19)5-7-13/h4-7,10-11H,8-9H2,1-3H3. The fourth-order valence-electron chi connectivity index (χ4n) is 1.89. The molecule has 0 amide bonds. The van der Waals surface area contributed by atoms with Crippen molar-refractivity contribution >= 4 is 18.0 Å².